The standard InChI is InChI=1S/C12H29N3O/c1-5-15(6-2)9-8-14-12(3,11-13)7-10-16-4/h14H,5-11,13H2,1-4H3. The number of hydrogen-bond donors (Lipinski definition) is 2. The summed E-state index contributed by atoms with van der Waals surface area (Å²) in [5, 5.41) is 3.53. The van der Waals surface area contributed by atoms with Gasteiger partial charge < -0.3 is 20.7 Å². The van der Waals surface area contributed by atoms with E-state index in [4.69, 9.17) is 10.5 Å². The zero-order valence-electron chi connectivity index (χ0n) is 11.4. The number of nitrogens with two attached hydrogens (primary N) is 1. The molecule has 98 valence electrons. The number of likely N-dealkylation sites (N-methyl/N-ethyl adjacent to an activating group) is 1. The maximum Gasteiger partial charge on any atom is 0.0480 e. The molecule has 0 aromatic rings. The van der Waals surface area contributed by atoms with Crippen LogP contribution in [0.3, 0.4) is 0 Å². The second-order valence-electron chi connectivity index (χ2n) is 4.46. The molecule has 0 fully saturated rings. The van der Waals surface area contributed by atoms with Gasteiger partial charge >= 0.3 is 0 Å². The van der Waals surface area contributed by atoms with E-state index < -0.39 is 0 Å². The second-order valence-corrected chi connectivity index (χ2v) is 4.46. The minimum Gasteiger partial charge on any atom is -0.385 e. The molecule has 4 heteroatoms. The van der Waals surface area contributed by atoms with Gasteiger partial charge in [0.25, 0.3) is 0 Å². The SMILES string of the molecule is CCN(CC)CCNC(C)(CN)CCOC. The number of nitrogens with zero attached hydrogens (tertiary/aromatic N) is 1. The quantitative estimate of drug-likeness (QED) is 0.580. The Kier molecular flexibility index (Phi) is 8.84. The third-order valence-corrected chi connectivity index (χ3v) is 3.18. The Morgan fingerprint density at radius 3 is 2.38 bits per heavy atom. The Balaban J connectivity index is 3.84. The van der Waals surface area contributed by atoms with Gasteiger partial charge in [0.15, 0.2) is 0 Å². The van der Waals surface area contributed by atoms with E-state index in [0.717, 1.165) is 39.2 Å². The van der Waals surface area contributed by atoms with Crippen LogP contribution in [0.25, 0.3) is 0 Å². The summed E-state index contributed by atoms with van der Waals surface area (Å²) >= 11 is 0. The van der Waals surface area contributed by atoms with Crippen LogP contribution in [0, 0.1) is 0 Å². The van der Waals surface area contributed by atoms with Gasteiger partial charge in [-0.3, -0.25) is 0 Å². The van der Waals surface area contributed by atoms with Crippen LogP contribution in [0.5, 0.6) is 0 Å². The third-order valence-electron chi connectivity index (χ3n) is 3.18. The molecule has 4 nitrogen and oxygen atoms in total. The number of nitrogens with one attached hydrogen (secondary N) is 1. The van der Waals surface area contributed by atoms with Crippen molar-refractivity contribution in [1.29, 1.82) is 0 Å². The van der Waals surface area contributed by atoms with Gasteiger partial charge in [-0.1, -0.05) is 13.8 Å². The fourth-order valence-corrected chi connectivity index (χ4v) is 1.65. The molecule has 0 saturated carbocycles. The predicted molar refractivity (Wildman–Crippen MR) is 69.7 cm³/mol. The Bertz CT molecular complexity index is 162. The fraction of sp³-hybridized carbons (Fsp3) is 1.00. The minimum atomic E-state index is 0.00314. The van der Waals surface area contributed by atoms with Crippen molar-refractivity contribution in [3.05, 3.63) is 0 Å². The maximum absolute atomic E-state index is 5.80. The average Bonchev–Trinajstić information content (AvgIpc) is 2.32. The van der Waals surface area contributed by atoms with Crippen molar-refractivity contribution in [2.24, 2.45) is 5.73 Å². The molecule has 0 saturated heterocycles. The molecule has 0 aromatic carbocycles. The summed E-state index contributed by atoms with van der Waals surface area (Å²) in [6.45, 7) is 12.2. The predicted octanol–water partition coefficient (Wildman–Crippen LogP) is 0.672. The molecule has 1 unspecified atom stereocenters. The van der Waals surface area contributed by atoms with Crippen molar-refractivity contribution in [1.82, 2.24) is 10.2 Å². The molecule has 16 heavy (non-hydrogen) atoms. The van der Waals surface area contributed by atoms with Gasteiger partial charge in [-0.05, 0) is 26.4 Å². The van der Waals surface area contributed by atoms with Crippen molar-refractivity contribution < 1.29 is 4.74 Å². The van der Waals surface area contributed by atoms with Crippen LogP contribution in [0.15, 0.2) is 0 Å². The van der Waals surface area contributed by atoms with E-state index in [0.29, 0.717) is 6.54 Å². The highest BCUT2D eigenvalue weighted by Crippen LogP contribution is 2.07. The van der Waals surface area contributed by atoms with E-state index in [1.807, 2.05) is 0 Å². The lowest BCUT2D eigenvalue weighted by Crippen LogP contribution is -2.51. The summed E-state index contributed by atoms with van der Waals surface area (Å²) in [7, 11) is 1.73. The molecule has 0 aliphatic rings. The van der Waals surface area contributed by atoms with E-state index in [-0.39, 0.29) is 5.54 Å². The Hall–Kier alpha value is -0.160. The van der Waals surface area contributed by atoms with Gasteiger partial charge in [-0.2, -0.15) is 0 Å². The van der Waals surface area contributed by atoms with E-state index in [9.17, 15) is 0 Å². The maximum atomic E-state index is 5.80. The average molecular weight is 231 g/mol. The minimum absolute atomic E-state index is 0.00314. The first-order valence-electron chi connectivity index (χ1n) is 6.28. The molecular formula is C12H29N3O. The van der Waals surface area contributed by atoms with E-state index in [1.54, 1.807) is 7.11 Å². The van der Waals surface area contributed by atoms with Crippen LogP contribution < -0.4 is 11.1 Å². The Morgan fingerprint density at radius 2 is 1.94 bits per heavy atom. The van der Waals surface area contributed by atoms with Crippen molar-refractivity contribution in [2.75, 3.05) is 46.4 Å². The van der Waals surface area contributed by atoms with Crippen LogP contribution in [0.4, 0.5) is 0 Å². The number of methoxy groups -OCH3 is 1. The van der Waals surface area contributed by atoms with Crippen LogP contribution in [-0.2, 0) is 4.74 Å². The third kappa shape index (κ3) is 6.43. The van der Waals surface area contributed by atoms with Crippen molar-refractivity contribution >= 4 is 0 Å². The molecule has 0 aliphatic heterocycles. The molecule has 0 amide bonds. The van der Waals surface area contributed by atoms with Crippen LogP contribution >= 0.6 is 0 Å². The highest BCUT2D eigenvalue weighted by atomic mass is 16.5. The molecule has 0 heterocycles. The summed E-state index contributed by atoms with van der Waals surface area (Å²) in [6, 6.07) is 0. The summed E-state index contributed by atoms with van der Waals surface area (Å²) in [4.78, 5) is 2.40. The van der Waals surface area contributed by atoms with Crippen molar-refractivity contribution in [2.45, 2.75) is 32.7 Å². The van der Waals surface area contributed by atoms with Crippen LogP contribution in [0.2, 0.25) is 0 Å². The van der Waals surface area contributed by atoms with Crippen molar-refractivity contribution in [3.63, 3.8) is 0 Å². The van der Waals surface area contributed by atoms with Crippen molar-refractivity contribution in [3.8, 4) is 0 Å². The fourth-order valence-electron chi connectivity index (χ4n) is 1.65. The van der Waals surface area contributed by atoms with Gasteiger partial charge in [0, 0.05) is 38.9 Å². The molecule has 0 radical (unpaired) electrons. The largest absolute Gasteiger partial charge is 0.385 e. The van der Waals surface area contributed by atoms with Crippen LogP contribution in [-0.4, -0.2) is 56.9 Å². The zero-order valence-corrected chi connectivity index (χ0v) is 11.4. The molecule has 0 spiro atoms. The van der Waals surface area contributed by atoms with Gasteiger partial charge in [0.2, 0.25) is 0 Å². The normalized spacial score (nSPS) is 15.4. The molecular weight excluding hydrogens is 202 g/mol. The monoisotopic (exact) mass is 231 g/mol. The smallest absolute Gasteiger partial charge is 0.0480 e. The lowest BCUT2D eigenvalue weighted by Gasteiger charge is -2.30. The van der Waals surface area contributed by atoms with Gasteiger partial charge in [-0.15, -0.1) is 0 Å². The Labute approximate surface area is 101 Å². The highest BCUT2D eigenvalue weighted by molar-refractivity contribution is 4.84. The Morgan fingerprint density at radius 1 is 1.31 bits per heavy atom. The summed E-state index contributed by atoms with van der Waals surface area (Å²) in [5.74, 6) is 0. The molecule has 0 rings (SSSR count). The van der Waals surface area contributed by atoms with E-state index in [1.165, 1.54) is 0 Å². The summed E-state index contributed by atoms with van der Waals surface area (Å²) in [6.07, 6.45) is 0.957. The number of ether oxygens (including phenoxy) is 1. The molecule has 0 aromatic heterocycles. The first kappa shape index (κ1) is 15.8. The number of hydrogen-bond acceptors (Lipinski definition) is 4. The van der Waals surface area contributed by atoms with Gasteiger partial charge in [-0.25, -0.2) is 0 Å². The van der Waals surface area contributed by atoms with Gasteiger partial charge in [0.1, 0.15) is 0 Å². The molecule has 0 bridgehead atoms. The molecule has 3 N–H and O–H groups in total. The topological polar surface area (TPSA) is 50.5 Å². The molecule has 0 aliphatic carbocycles. The zero-order chi connectivity index (χ0) is 12.4. The lowest BCUT2D eigenvalue weighted by atomic mass is 9.98. The van der Waals surface area contributed by atoms with E-state index in [2.05, 4.69) is 31.0 Å². The lowest BCUT2D eigenvalue weighted by molar-refractivity contribution is 0.159. The first-order chi connectivity index (χ1) is 7.61. The first-order valence-corrected chi connectivity index (χ1v) is 6.28. The summed E-state index contributed by atoms with van der Waals surface area (Å²) < 4.78 is 5.10. The second kappa shape index (κ2) is 8.93. The summed E-state index contributed by atoms with van der Waals surface area (Å²) in [5.41, 5.74) is 5.80. The van der Waals surface area contributed by atoms with Crippen LogP contribution in [0.1, 0.15) is 27.2 Å². The number of rotatable bonds is 10. The van der Waals surface area contributed by atoms with Gasteiger partial charge in [0.05, 0.1) is 0 Å². The highest BCUT2D eigenvalue weighted by Gasteiger charge is 2.20. The molecule has 1 atom stereocenters. The van der Waals surface area contributed by atoms with E-state index >= 15 is 0 Å².